The summed E-state index contributed by atoms with van der Waals surface area (Å²) in [5.74, 6) is -0.918. The van der Waals surface area contributed by atoms with E-state index in [4.69, 9.17) is 4.42 Å². The zero-order valence-electron chi connectivity index (χ0n) is 12.9. The lowest BCUT2D eigenvalue weighted by Gasteiger charge is -2.01. The fourth-order valence-corrected chi connectivity index (χ4v) is 2.30. The van der Waals surface area contributed by atoms with E-state index >= 15 is 0 Å². The van der Waals surface area contributed by atoms with Crippen LogP contribution in [0, 0.1) is 0 Å². The van der Waals surface area contributed by atoms with Gasteiger partial charge in [-0.15, -0.1) is 0 Å². The summed E-state index contributed by atoms with van der Waals surface area (Å²) in [5, 5.41) is 9.28. The molecule has 0 aliphatic carbocycles. The Morgan fingerprint density at radius 3 is 2.54 bits per heavy atom. The van der Waals surface area contributed by atoms with E-state index in [9.17, 15) is 14.7 Å². The number of carbonyl (C=O) groups excluding carboxylic acids is 1. The van der Waals surface area contributed by atoms with Crippen molar-refractivity contribution in [2.24, 2.45) is 0 Å². The van der Waals surface area contributed by atoms with Gasteiger partial charge in [0.25, 0.3) is 0 Å². The van der Waals surface area contributed by atoms with Crippen molar-refractivity contribution in [3.05, 3.63) is 64.1 Å². The quantitative estimate of drug-likeness (QED) is 0.589. The second-order valence-corrected chi connectivity index (χ2v) is 5.18. The van der Waals surface area contributed by atoms with Crippen molar-refractivity contribution >= 4 is 29.2 Å². The third-order valence-electron chi connectivity index (χ3n) is 3.57. The molecule has 2 aromatic carbocycles. The molecule has 0 unspecified atom stereocenters. The monoisotopic (exact) mass is 325 g/mol. The Labute approximate surface area is 137 Å². The number of phenolic OH excluding ortho intramolecular Hbond substituents is 1. The van der Waals surface area contributed by atoms with Gasteiger partial charge in [0.05, 0.1) is 12.6 Å². The normalized spacial score (nSPS) is 11.2. The Kier molecular flexibility index (Phi) is 4.20. The van der Waals surface area contributed by atoms with E-state index < -0.39 is 11.7 Å². The van der Waals surface area contributed by atoms with E-state index in [-0.39, 0.29) is 12.3 Å². The number of ether oxygens (including phenoxy) is 1. The molecule has 3 rings (SSSR count). The maximum atomic E-state index is 11.9. The molecule has 0 bridgehead atoms. The first-order chi connectivity index (χ1) is 11.6. The molecule has 24 heavy (non-hydrogen) atoms. The minimum atomic E-state index is -0.602. The van der Waals surface area contributed by atoms with Gasteiger partial charge in [-0.3, -0.25) is 9.36 Å². The lowest BCUT2D eigenvalue weighted by atomic mass is 10.1. The molecule has 0 aliphatic rings. The Balaban J connectivity index is 1.95. The number of phenols is 1. The lowest BCUT2D eigenvalue weighted by molar-refractivity contribution is -0.141. The molecule has 1 aromatic heterocycles. The zero-order valence-corrected chi connectivity index (χ0v) is 12.9. The maximum Gasteiger partial charge on any atom is 0.420 e. The van der Waals surface area contributed by atoms with E-state index in [1.807, 2.05) is 18.2 Å². The smallest absolute Gasteiger partial charge is 0.420 e. The average molecular weight is 325 g/mol. The number of rotatable bonds is 4. The summed E-state index contributed by atoms with van der Waals surface area (Å²) >= 11 is 0. The summed E-state index contributed by atoms with van der Waals surface area (Å²) in [4.78, 5) is 23.3. The van der Waals surface area contributed by atoms with Crippen molar-refractivity contribution in [1.29, 1.82) is 0 Å². The first kappa shape index (κ1) is 15.6. The van der Waals surface area contributed by atoms with Gasteiger partial charge in [-0.2, -0.15) is 0 Å². The number of nitrogens with zero attached hydrogens (tertiary/aromatic N) is 1. The number of benzene rings is 2. The van der Waals surface area contributed by atoms with Gasteiger partial charge in [0.15, 0.2) is 5.58 Å². The Bertz CT molecular complexity index is 963. The largest absolute Gasteiger partial charge is 0.508 e. The number of hydrogen-bond donors (Lipinski definition) is 1. The second kappa shape index (κ2) is 6.45. The van der Waals surface area contributed by atoms with Crippen molar-refractivity contribution in [1.82, 2.24) is 4.57 Å². The first-order valence-corrected chi connectivity index (χ1v) is 7.24. The lowest BCUT2D eigenvalue weighted by Crippen LogP contribution is -2.20. The van der Waals surface area contributed by atoms with E-state index in [0.717, 1.165) is 11.1 Å². The maximum absolute atomic E-state index is 11.9. The fourth-order valence-electron chi connectivity index (χ4n) is 2.30. The number of methoxy groups -OCH3 is 1. The highest BCUT2D eigenvalue weighted by Crippen LogP contribution is 2.18. The predicted molar refractivity (Wildman–Crippen MR) is 89.5 cm³/mol. The van der Waals surface area contributed by atoms with Crippen LogP contribution in [-0.2, 0) is 16.1 Å². The molecule has 0 fully saturated rings. The molecule has 3 aromatic rings. The zero-order chi connectivity index (χ0) is 17.1. The molecule has 0 spiro atoms. The highest BCUT2D eigenvalue weighted by molar-refractivity contribution is 5.81. The van der Waals surface area contributed by atoms with E-state index in [0.29, 0.717) is 11.1 Å². The number of carbonyl (C=O) groups is 1. The summed E-state index contributed by atoms with van der Waals surface area (Å²) < 4.78 is 11.0. The topological polar surface area (TPSA) is 81.7 Å². The average Bonchev–Trinajstić information content (AvgIpc) is 2.89. The van der Waals surface area contributed by atoms with Gasteiger partial charge >= 0.3 is 11.7 Å². The highest BCUT2D eigenvalue weighted by Gasteiger charge is 2.13. The third-order valence-corrected chi connectivity index (χ3v) is 3.57. The number of fused-ring (bicyclic) bond motifs is 1. The molecular formula is C18H15NO5. The number of aromatic nitrogens is 1. The Morgan fingerprint density at radius 2 is 1.83 bits per heavy atom. The van der Waals surface area contributed by atoms with Crippen molar-refractivity contribution in [2.45, 2.75) is 6.54 Å². The first-order valence-electron chi connectivity index (χ1n) is 7.24. The van der Waals surface area contributed by atoms with Crippen LogP contribution in [-0.4, -0.2) is 22.8 Å². The molecule has 0 saturated heterocycles. The minimum Gasteiger partial charge on any atom is -0.508 e. The molecule has 1 heterocycles. The molecule has 0 saturated carbocycles. The summed E-state index contributed by atoms with van der Waals surface area (Å²) in [6, 6.07) is 12.0. The van der Waals surface area contributed by atoms with E-state index in [2.05, 4.69) is 4.74 Å². The van der Waals surface area contributed by atoms with Gasteiger partial charge in [-0.1, -0.05) is 30.4 Å². The second-order valence-electron chi connectivity index (χ2n) is 5.18. The van der Waals surface area contributed by atoms with Crippen molar-refractivity contribution in [3.8, 4) is 5.75 Å². The molecule has 6 nitrogen and oxygen atoms in total. The molecule has 6 heteroatoms. The number of oxazole rings is 1. The van der Waals surface area contributed by atoms with Crippen molar-refractivity contribution in [2.75, 3.05) is 7.11 Å². The van der Waals surface area contributed by atoms with Gasteiger partial charge in [-0.25, -0.2) is 4.79 Å². The molecular weight excluding hydrogens is 310 g/mol. The third kappa shape index (κ3) is 3.22. The fraction of sp³-hybridized carbons (Fsp3) is 0.111. The van der Waals surface area contributed by atoms with Gasteiger partial charge in [0.1, 0.15) is 12.3 Å². The van der Waals surface area contributed by atoms with Crippen LogP contribution >= 0.6 is 0 Å². The molecule has 0 aliphatic heterocycles. The highest BCUT2D eigenvalue weighted by atomic mass is 16.5. The van der Waals surface area contributed by atoms with Crippen molar-refractivity contribution in [3.63, 3.8) is 0 Å². The van der Waals surface area contributed by atoms with Gasteiger partial charge in [0, 0.05) is 0 Å². The van der Waals surface area contributed by atoms with Crippen molar-refractivity contribution < 1.29 is 19.1 Å². The summed E-state index contributed by atoms with van der Waals surface area (Å²) in [6.45, 7) is -0.201. The molecule has 0 amide bonds. The SMILES string of the molecule is COC(=O)Cn1c(=O)oc2ccc(/C=C/c3ccc(O)cc3)cc21. The van der Waals surface area contributed by atoms with Crippen LogP contribution in [0.15, 0.2) is 51.7 Å². The molecule has 0 atom stereocenters. The van der Waals surface area contributed by atoms with Crippen LogP contribution in [0.4, 0.5) is 0 Å². The Morgan fingerprint density at radius 1 is 1.17 bits per heavy atom. The predicted octanol–water partition coefficient (Wildman–Crippen LogP) is 2.64. The van der Waals surface area contributed by atoms with Gasteiger partial charge in [0.2, 0.25) is 0 Å². The van der Waals surface area contributed by atoms with Gasteiger partial charge < -0.3 is 14.3 Å². The van der Waals surface area contributed by atoms with Crippen LogP contribution in [0.5, 0.6) is 5.75 Å². The number of esters is 1. The standard InChI is InChI=1S/C18H15NO5/c1-23-17(21)11-19-15-10-13(6-9-16(15)24-18(19)22)3-2-12-4-7-14(20)8-5-12/h2-10,20H,11H2,1H3/b3-2+. The van der Waals surface area contributed by atoms with Gasteiger partial charge in [-0.05, 0) is 35.4 Å². The van der Waals surface area contributed by atoms with Crippen LogP contribution in [0.25, 0.3) is 23.3 Å². The summed E-state index contributed by atoms with van der Waals surface area (Å²) in [7, 11) is 1.27. The van der Waals surface area contributed by atoms with Crippen LogP contribution in [0.3, 0.4) is 0 Å². The molecule has 1 N–H and O–H groups in total. The van der Waals surface area contributed by atoms with Crippen LogP contribution in [0.2, 0.25) is 0 Å². The number of hydrogen-bond acceptors (Lipinski definition) is 5. The summed E-state index contributed by atoms with van der Waals surface area (Å²) in [5.41, 5.74) is 2.70. The molecule has 122 valence electrons. The molecule has 0 radical (unpaired) electrons. The minimum absolute atomic E-state index is 0.201. The summed E-state index contributed by atoms with van der Waals surface area (Å²) in [6.07, 6.45) is 3.75. The van der Waals surface area contributed by atoms with Crippen LogP contribution in [0.1, 0.15) is 11.1 Å². The van der Waals surface area contributed by atoms with E-state index in [1.54, 1.807) is 36.4 Å². The Hall–Kier alpha value is -3.28. The number of aromatic hydroxyl groups is 1. The van der Waals surface area contributed by atoms with E-state index in [1.165, 1.54) is 11.7 Å². The van der Waals surface area contributed by atoms with Crippen LogP contribution < -0.4 is 5.76 Å².